The van der Waals surface area contributed by atoms with Gasteiger partial charge in [-0.05, 0) is 56.5 Å². The number of likely N-dealkylation sites (N-methyl/N-ethyl adjacent to an activating group) is 1. The van der Waals surface area contributed by atoms with Crippen LogP contribution in [0.25, 0.3) is 0 Å². The predicted octanol–water partition coefficient (Wildman–Crippen LogP) is 2.19. The molecular formula is C11H14Br2N2O2. The highest BCUT2D eigenvalue weighted by Gasteiger charge is 2.10. The molecule has 0 saturated heterocycles. The van der Waals surface area contributed by atoms with Crippen molar-refractivity contribution in [1.29, 1.82) is 0 Å². The number of carbonyl (C=O) groups excluding carboxylic acids is 1. The van der Waals surface area contributed by atoms with E-state index >= 15 is 0 Å². The van der Waals surface area contributed by atoms with Crippen LogP contribution in [0.5, 0.6) is 5.75 Å². The molecule has 0 atom stereocenters. The summed E-state index contributed by atoms with van der Waals surface area (Å²) in [7, 11) is 0. The summed E-state index contributed by atoms with van der Waals surface area (Å²) < 4.78 is 6.98. The van der Waals surface area contributed by atoms with Crippen LogP contribution in [0.4, 0.5) is 0 Å². The van der Waals surface area contributed by atoms with Crippen LogP contribution in [0.2, 0.25) is 0 Å². The minimum Gasteiger partial charge on any atom is -0.481 e. The monoisotopic (exact) mass is 364 g/mol. The van der Waals surface area contributed by atoms with E-state index in [2.05, 4.69) is 37.2 Å². The second-order valence-electron chi connectivity index (χ2n) is 3.33. The zero-order chi connectivity index (χ0) is 12.8. The second kappa shape index (κ2) is 6.98. The van der Waals surface area contributed by atoms with E-state index in [4.69, 9.17) is 10.5 Å². The zero-order valence-corrected chi connectivity index (χ0v) is 12.6. The van der Waals surface area contributed by atoms with Crippen LogP contribution in [0, 0.1) is 0 Å². The number of hydrogen-bond donors (Lipinski definition) is 2. The molecule has 0 aliphatic rings. The Bertz CT molecular complexity index is 387. The first-order valence-electron chi connectivity index (χ1n) is 5.16. The van der Waals surface area contributed by atoms with E-state index in [0.29, 0.717) is 18.8 Å². The van der Waals surface area contributed by atoms with E-state index in [9.17, 15) is 4.79 Å². The molecule has 0 radical (unpaired) electrons. The first-order chi connectivity index (χ1) is 8.08. The first-order valence-corrected chi connectivity index (χ1v) is 6.74. The van der Waals surface area contributed by atoms with Gasteiger partial charge in [-0.2, -0.15) is 0 Å². The molecule has 0 spiro atoms. The maximum absolute atomic E-state index is 11.3. The zero-order valence-electron chi connectivity index (χ0n) is 9.43. The fourth-order valence-electron chi connectivity index (χ4n) is 1.25. The summed E-state index contributed by atoms with van der Waals surface area (Å²) in [5.74, 6) is 0.461. The molecular weight excluding hydrogens is 352 g/mol. The van der Waals surface area contributed by atoms with Gasteiger partial charge in [-0.1, -0.05) is 0 Å². The van der Waals surface area contributed by atoms with E-state index in [1.807, 2.05) is 19.1 Å². The average molecular weight is 366 g/mol. The molecule has 0 saturated carbocycles. The third kappa shape index (κ3) is 4.29. The summed E-state index contributed by atoms with van der Waals surface area (Å²) in [4.78, 5) is 11.3. The Morgan fingerprint density at radius 2 is 2.00 bits per heavy atom. The van der Waals surface area contributed by atoms with E-state index in [0.717, 1.165) is 14.5 Å². The van der Waals surface area contributed by atoms with Crippen molar-refractivity contribution in [2.45, 2.75) is 13.5 Å². The van der Waals surface area contributed by atoms with Crippen LogP contribution in [0.1, 0.15) is 12.5 Å². The maximum Gasteiger partial charge on any atom is 0.257 e. The van der Waals surface area contributed by atoms with Gasteiger partial charge in [0.15, 0.2) is 6.61 Å². The van der Waals surface area contributed by atoms with Crippen molar-refractivity contribution in [2.24, 2.45) is 5.73 Å². The molecule has 0 aliphatic carbocycles. The van der Waals surface area contributed by atoms with Crippen molar-refractivity contribution in [3.8, 4) is 5.75 Å². The van der Waals surface area contributed by atoms with E-state index < -0.39 is 0 Å². The van der Waals surface area contributed by atoms with Crippen molar-refractivity contribution in [3.63, 3.8) is 0 Å². The van der Waals surface area contributed by atoms with Crippen LogP contribution in [-0.4, -0.2) is 19.1 Å². The third-order valence-corrected chi connectivity index (χ3v) is 3.19. The topological polar surface area (TPSA) is 64.3 Å². The Morgan fingerprint density at radius 3 is 2.47 bits per heavy atom. The number of nitrogens with one attached hydrogen (secondary N) is 1. The standard InChI is InChI=1S/C11H14Br2N2O2/c1-2-15-10(16)6-17-11-8(12)3-7(5-14)4-9(11)13/h3-4H,2,5-6,14H2,1H3,(H,15,16). The predicted molar refractivity (Wildman–Crippen MR) is 73.9 cm³/mol. The van der Waals surface area contributed by atoms with Crippen LogP contribution < -0.4 is 15.8 Å². The highest BCUT2D eigenvalue weighted by molar-refractivity contribution is 9.11. The molecule has 3 N–H and O–H groups in total. The lowest BCUT2D eigenvalue weighted by Crippen LogP contribution is -2.28. The Hall–Kier alpha value is -0.590. The van der Waals surface area contributed by atoms with Crippen molar-refractivity contribution >= 4 is 37.8 Å². The van der Waals surface area contributed by atoms with Crippen molar-refractivity contribution in [3.05, 3.63) is 26.6 Å². The maximum atomic E-state index is 11.3. The van der Waals surface area contributed by atoms with Crippen LogP contribution >= 0.6 is 31.9 Å². The number of carbonyl (C=O) groups is 1. The summed E-state index contributed by atoms with van der Waals surface area (Å²) in [6, 6.07) is 3.75. The fourth-order valence-corrected chi connectivity index (χ4v) is 2.76. The number of hydrogen-bond acceptors (Lipinski definition) is 3. The number of rotatable bonds is 5. The average Bonchev–Trinajstić information content (AvgIpc) is 2.28. The molecule has 0 fully saturated rings. The smallest absolute Gasteiger partial charge is 0.257 e. The fraction of sp³-hybridized carbons (Fsp3) is 0.364. The highest BCUT2D eigenvalue weighted by atomic mass is 79.9. The Morgan fingerprint density at radius 1 is 1.41 bits per heavy atom. The van der Waals surface area contributed by atoms with Gasteiger partial charge in [-0.3, -0.25) is 4.79 Å². The van der Waals surface area contributed by atoms with Gasteiger partial charge in [-0.25, -0.2) is 0 Å². The summed E-state index contributed by atoms with van der Waals surface area (Å²) in [5.41, 5.74) is 6.53. The number of halogens is 2. The molecule has 0 unspecified atom stereocenters. The lowest BCUT2D eigenvalue weighted by molar-refractivity contribution is -0.123. The minimum atomic E-state index is -0.144. The molecule has 0 heterocycles. The van der Waals surface area contributed by atoms with Gasteiger partial charge in [0.05, 0.1) is 8.95 Å². The Labute approximate surface area is 117 Å². The van der Waals surface area contributed by atoms with Crippen LogP contribution in [0.15, 0.2) is 21.1 Å². The number of ether oxygens (including phenoxy) is 1. The molecule has 6 heteroatoms. The van der Waals surface area contributed by atoms with E-state index in [1.54, 1.807) is 0 Å². The molecule has 1 rings (SSSR count). The molecule has 0 bridgehead atoms. The van der Waals surface area contributed by atoms with Gasteiger partial charge in [0.25, 0.3) is 5.91 Å². The summed E-state index contributed by atoms with van der Waals surface area (Å²) in [6.07, 6.45) is 0. The molecule has 0 aromatic heterocycles. The Balaban J connectivity index is 2.74. The number of benzene rings is 1. The largest absolute Gasteiger partial charge is 0.481 e. The quantitative estimate of drug-likeness (QED) is 0.840. The lowest BCUT2D eigenvalue weighted by atomic mass is 10.2. The lowest BCUT2D eigenvalue weighted by Gasteiger charge is -2.11. The summed E-state index contributed by atoms with van der Waals surface area (Å²) >= 11 is 6.77. The van der Waals surface area contributed by atoms with Gasteiger partial charge in [0.2, 0.25) is 0 Å². The SMILES string of the molecule is CCNC(=O)COc1c(Br)cc(CN)cc1Br. The third-order valence-electron chi connectivity index (χ3n) is 2.02. The van der Waals surface area contributed by atoms with Crippen molar-refractivity contribution in [1.82, 2.24) is 5.32 Å². The molecule has 17 heavy (non-hydrogen) atoms. The Kier molecular flexibility index (Phi) is 5.94. The molecule has 0 aliphatic heterocycles. The summed E-state index contributed by atoms with van der Waals surface area (Å²) in [6.45, 7) is 2.90. The van der Waals surface area contributed by atoms with Gasteiger partial charge in [0, 0.05) is 13.1 Å². The van der Waals surface area contributed by atoms with Crippen molar-refractivity contribution < 1.29 is 9.53 Å². The van der Waals surface area contributed by atoms with E-state index in [-0.39, 0.29) is 12.5 Å². The van der Waals surface area contributed by atoms with Crippen molar-refractivity contribution in [2.75, 3.05) is 13.2 Å². The molecule has 1 amide bonds. The van der Waals surface area contributed by atoms with Gasteiger partial charge in [-0.15, -0.1) is 0 Å². The highest BCUT2D eigenvalue weighted by Crippen LogP contribution is 2.34. The molecule has 1 aromatic carbocycles. The molecule has 4 nitrogen and oxygen atoms in total. The second-order valence-corrected chi connectivity index (χ2v) is 5.04. The molecule has 94 valence electrons. The van der Waals surface area contributed by atoms with Gasteiger partial charge in [0.1, 0.15) is 5.75 Å². The van der Waals surface area contributed by atoms with Crippen LogP contribution in [0.3, 0.4) is 0 Å². The number of nitrogens with two attached hydrogens (primary N) is 1. The minimum absolute atomic E-state index is 0.00693. The number of amides is 1. The van der Waals surface area contributed by atoms with E-state index in [1.165, 1.54) is 0 Å². The summed E-state index contributed by atoms with van der Waals surface area (Å²) in [5, 5.41) is 2.66. The first kappa shape index (κ1) is 14.5. The van der Waals surface area contributed by atoms with Gasteiger partial charge >= 0.3 is 0 Å². The molecule has 1 aromatic rings. The normalized spacial score (nSPS) is 10.1. The van der Waals surface area contributed by atoms with Gasteiger partial charge < -0.3 is 15.8 Å². The van der Waals surface area contributed by atoms with Crippen LogP contribution in [-0.2, 0) is 11.3 Å².